The van der Waals surface area contributed by atoms with E-state index in [4.69, 9.17) is 4.74 Å². The number of aromatic nitrogens is 3. The number of hydrogen-bond acceptors (Lipinski definition) is 8. The Morgan fingerprint density at radius 1 is 1.35 bits per heavy atom. The van der Waals surface area contributed by atoms with Crippen LogP contribution in [0.4, 0.5) is 5.13 Å². The number of nitrogens with zero attached hydrogens (tertiary/aromatic N) is 3. The molecule has 0 saturated heterocycles. The molecule has 1 amide bonds. The maximum Gasteiger partial charge on any atom is 0.277 e. The molecule has 0 aliphatic carbocycles. The van der Waals surface area contributed by atoms with Crippen molar-refractivity contribution < 1.29 is 17.9 Å². The van der Waals surface area contributed by atoms with E-state index in [9.17, 15) is 13.2 Å². The summed E-state index contributed by atoms with van der Waals surface area (Å²) in [5.74, 6) is 0.131. The fraction of sp³-hybridized carbons (Fsp3) is 0.200. The molecule has 0 bridgehead atoms. The second kappa shape index (κ2) is 7.25. The van der Waals surface area contributed by atoms with E-state index in [2.05, 4.69) is 36.2 Å². The number of sulfone groups is 1. The van der Waals surface area contributed by atoms with Crippen molar-refractivity contribution in [3.8, 4) is 5.75 Å². The van der Waals surface area contributed by atoms with E-state index < -0.39 is 20.9 Å². The molecule has 0 aliphatic rings. The number of amides is 1. The predicted molar refractivity (Wildman–Crippen MR) is 102 cm³/mol. The number of ether oxygens (including phenoxy) is 1. The van der Waals surface area contributed by atoms with Gasteiger partial charge in [-0.1, -0.05) is 11.3 Å². The van der Waals surface area contributed by atoms with Gasteiger partial charge in [0.15, 0.2) is 5.13 Å². The molecule has 11 heteroatoms. The van der Waals surface area contributed by atoms with E-state index >= 15 is 0 Å². The number of hydrogen-bond donors (Lipinski definition) is 1. The van der Waals surface area contributed by atoms with Gasteiger partial charge in [-0.3, -0.25) is 10.1 Å². The summed E-state index contributed by atoms with van der Waals surface area (Å²) < 4.78 is 29.7. The zero-order valence-electron chi connectivity index (χ0n) is 13.7. The molecule has 0 unspecified atom stereocenters. The van der Waals surface area contributed by atoms with E-state index in [-0.39, 0.29) is 10.2 Å². The summed E-state index contributed by atoms with van der Waals surface area (Å²) in [7, 11) is -3.63. The second-order valence-corrected chi connectivity index (χ2v) is 8.95. The number of carbonyl (C=O) groups excluding carboxylic acids is 1. The number of fused-ring (bicyclic) bond motifs is 1. The Hall–Kier alpha value is -2.11. The van der Waals surface area contributed by atoms with Gasteiger partial charge in [0.25, 0.3) is 5.91 Å². The van der Waals surface area contributed by atoms with Crippen molar-refractivity contribution in [1.82, 2.24) is 15.0 Å². The Morgan fingerprint density at radius 2 is 2.12 bits per heavy atom. The molecule has 26 heavy (non-hydrogen) atoms. The van der Waals surface area contributed by atoms with E-state index in [1.54, 1.807) is 12.1 Å². The molecule has 2 aromatic heterocycles. The smallest absolute Gasteiger partial charge is 0.277 e. The zero-order chi connectivity index (χ0) is 18.9. The highest BCUT2D eigenvalue weighted by Gasteiger charge is 2.19. The van der Waals surface area contributed by atoms with Gasteiger partial charge in [-0.25, -0.2) is 23.4 Å². The average Bonchev–Trinajstić information content (AvgIpc) is 2.95. The van der Waals surface area contributed by atoms with Gasteiger partial charge in [-0.05, 0) is 41.1 Å². The highest BCUT2D eigenvalue weighted by Crippen LogP contribution is 2.29. The molecule has 3 rings (SSSR count). The lowest BCUT2D eigenvalue weighted by Crippen LogP contribution is -2.17. The molecular weight excluding hydrogens is 444 g/mol. The second-order valence-electron chi connectivity index (χ2n) is 5.16. The highest BCUT2D eigenvalue weighted by molar-refractivity contribution is 9.10. The normalized spacial score (nSPS) is 11.5. The van der Waals surface area contributed by atoms with Gasteiger partial charge in [0.2, 0.25) is 15.0 Å². The Labute approximate surface area is 161 Å². The number of anilines is 1. The van der Waals surface area contributed by atoms with Crippen LogP contribution in [0.15, 0.2) is 34.0 Å². The summed E-state index contributed by atoms with van der Waals surface area (Å²) in [5, 5.41) is 2.58. The quantitative estimate of drug-likeness (QED) is 0.587. The average molecular weight is 457 g/mol. The van der Waals surface area contributed by atoms with Gasteiger partial charge in [0.05, 0.1) is 21.3 Å². The van der Waals surface area contributed by atoms with Crippen molar-refractivity contribution in [2.75, 3.05) is 18.2 Å². The van der Waals surface area contributed by atoms with Crippen LogP contribution in [-0.2, 0) is 9.84 Å². The van der Waals surface area contributed by atoms with Gasteiger partial charge in [-0.2, -0.15) is 0 Å². The Balaban J connectivity index is 1.89. The van der Waals surface area contributed by atoms with Crippen molar-refractivity contribution in [3.05, 3.63) is 34.6 Å². The lowest BCUT2D eigenvalue weighted by atomic mass is 10.3. The molecule has 136 valence electrons. The lowest BCUT2D eigenvalue weighted by Gasteiger charge is -2.04. The van der Waals surface area contributed by atoms with Crippen LogP contribution in [0, 0.1) is 0 Å². The third-order valence-corrected chi connectivity index (χ3v) is 5.53. The first-order chi connectivity index (χ1) is 12.3. The van der Waals surface area contributed by atoms with Crippen LogP contribution in [-0.4, -0.2) is 42.1 Å². The summed E-state index contributed by atoms with van der Waals surface area (Å²) in [6, 6.07) is 5.44. The SMILES string of the molecule is CCOc1ccc2nc(NC(=O)c3nc(S(C)(=O)=O)ncc3Br)sc2c1. The molecule has 3 aromatic rings. The Kier molecular flexibility index (Phi) is 5.21. The van der Waals surface area contributed by atoms with E-state index in [0.717, 1.165) is 16.7 Å². The molecule has 0 saturated carbocycles. The van der Waals surface area contributed by atoms with Crippen LogP contribution in [0.25, 0.3) is 10.2 Å². The van der Waals surface area contributed by atoms with E-state index in [0.29, 0.717) is 17.3 Å². The number of benzene rings is 1. The van der Waals surface area contributed by atoms with E-state index in [1.165, 1.54) is 17.5 Å². The minimum Gasteiger partial charge on any atom is -0.494 e. The molecule has 1 aromatic carbocycles. The molecule has 1 N–H and O–H groups in total. The maximum atomic E-state index is 12.5. The van der Waals surface area contributed by atoms with E-state index in [1.807, 2.05) is 13.0 Å². The summed E-state index contributed by atoms with van der Waals surface area (Å²) >= 11 is 4.43. The molecule has 0 aliphatic heterocycles. The molecule has 0 atom stereocenters. The van der Waals surface area contributed by atoms with Crippen molar-refractivity contribution in [2.24, 2.45) is 0 Å². The van der Waals surface area contributed by atoms with Gasteiger partial charge >= 0.3 is 0 Å². The molecule has 0 spiro atoms. The Bertz CT molecular complexity index is 1100. The standard InChI is InChI=1S/C15H13BrN4O4S2/c1-3-24-8-4-5-10-11(6-8)25-14(18-10)20-13(21)12-9(16)7-17-15(19-12)26(2,22)23/h4-7H,3H2,1-2H3,(H,18,20,21). The van der Waals surface area contributed by atoms with Crippen LogP contribution in [0.2, 0.25) is 0 Å². The molecule has 0 radical (unpaired) electrons. The fourth-order valence-electron chi connectivity index (χ4n) is 2.06. The van der Waals surface area contributed by atoms with Crippen LogP contribution < -0.4 is 10.1 Å². The number of thiazole rings is 1. The van der Waals surface area contributed by atoms with Gasteiger partial charge in [-0.15, -0.1) is 0 Å². The summed E-state index contributed by atoms with van der Waals surface area (Å²) in [6.07, 6.45) is 2.20. The van der Waals surface area contributed by atoms with Crippen molar-refractivity contribution in [3.63, 3.8) is 0 Å². The maximum absolute atomic E-state index is 12.5. The van der Waals surface area contributed by atoms with Crippen molar-refractivity contribution >= 4 is 58.4 Å². The number of halogens is 1. The van der Waals surface area contributed by atoms with Gasteiger partial charge in [0.1, 0.15) is 11.4 Å². The predicted octanol–water partition coefficient (Wildman–Crippen LogP) is 2.90. The zero-order valence-corrected chi connectivity index (χ0v) is 16.9. The van der Waals surface area contributed by atoms with Crippen molar-refractivity contribution in [1.29, 1.82) is 0 Å². The topological polar surface area (TPSA) is 111 Å². The monoisotopic (exact) mass is 456 g/mol. The summed E-state index contributed by atoms with van der Waals surface area (Å²) in [6.45, 7) is 2.45. The molecule has 2 heterocycles. The minimum absolute atomic E-state index is 0.0883. The highest BCUT2D eigenvalue weighted by atomic mass is 79.9. The number of carbonyl (C=O) groups is 1. The van der Waals surface area contributed by atoms with Crippen LogP contribution >= 0.6 is 27.3 Å². The number of nitrogens with one attached hydrogen (secondary N) is 1. The third kappa shape index (κ3) is 4.00. The van der Waals surface area contributed by atoms with Crippen molar-refractivity contribution in [2.45, 2.75) is 12.1 Å². The van der Waals surface area contributed by atoms with Crippen LogP contribution in [0.3, 0.4) is 0 Å². The minimum atomic E-state index is -3.63. The molecule has 0 fully saturated rings. The van der Waals surface area contributed by atoms with Crippen LogP contribution in [0.5, 0.6) is 5.75 Å². The molecular formula is C15H13BrN4O4S2. The lowest BCUT2D eigenvalue weighted by molar-refractivity contribution is 0.102. The summed E-state index contributed by atoms with van der Waals surface area (Å²) in [5.41, 5.74) is 0.627. The van der Waals surface area contributed by atoms with Gasteiger partial charge in [0, 0.05) is 12.5 Å². The third-order valence-electron chi connectivity index (χ3n) is 3.16. The first-order valence-electron chi connectivity index (χ1n) is 7.35. The number of rotatable bonds is 5. The Morgan fingerprint density at radius 3 is 2.81 bits per heavy atom. The first-order valence-corrected chi connectivity index (χ1v) is 10.9. The molecule has 8 nitrogen and oxygen atoms in total. The first kappa shape index (κ1) is 18.7. The van der Waals surface area contributed by atoms with Crippen LogP contribution in [0.1, 0.15) is 17.4 Å². The largest absolute Gasteiger partial charge is 0.494 e. The summed E-state index contributed by atoms with van der Waals surface area (Å²) in [4.78, 5) is 24.4. The fourth-order valence-corrected chi connectivity index (χ4v) is 3.82. The van der Waals surface area contributed by atoms with Gasteiger partial charge < -0.3 is 4.74 Å².